The van der Waals surface area contributed by atoms with Crippen LogP contribution >= 0.6 is 11.6 Å². The Hall–Kier alpha value is -2.36. The lowest BCUT2D eigenvalue weighted by Crippen LogP contribution is -2.56. The summed E-state index contributed by atoms with van der Waals surface area (Å²) < 4.78 is 33.9. The zero-order valence-electron chi connectivity index (χ0n) is 18.7. The lowest BCUT2D eigenvalue weighted by atomic mass is 9.87. The van der Waals surface area contributed by atoms with Crippen molar-refractivity contribution in [1.82, 2.24) is 14.6 Å². The molecule has 0 bridgehead atoms. The van der Waals surface area contributed by atoms with Crippen LogP contribution < -0.4 is 14.8 Å². The second-order valence-corrected chi connectivity index (χ2v) is 11.0. The highest BCUT2D eigenvalue weighted by Crippen LogP contribution is 2.26. The van der Waals surface area contributed by atoms with Gasteiger partial charge < -0.3 is 15.0 Å². The molecule has 2 aromatic rings. The highest BCUT2D eigenvalue weighted by Gasteiger charge is 2.30. The van der Waals surface area contributed by atoms with E-state index in [0.717, 1.165) is 0 Å². The van der Waals surface area contributed by atoms with Gasteiger partial charge in [0.05, 0.1) is 11.1 Å². The fraction of sp³-hybridized carbons (Fsp3) is 0.455. The number of carbonyl (C=O) groups excluding carboxylic acids is 1. The number of sulfonamides is 1. The van der Waals surface area contributed by atoms with E-state index in [4.69, 9.17) is 16.3 Å². The standard InChI is InChI=1S/C22H29ClN4O4S/c1-15(28)27-13-18(14-27)26-21-20(11-17(23)12-24-21)32(29,30)25-9-10-31-19-7-5-16(6-8-19)22(2,3)4/h5-8,11-12,18,25H,9-10,13-14H2,1-4H3,(H,24,26). The van der Waals surface area contributed by atoms with Gasteiger partial charge in [0.25, 0.3) is 0 Å². The Bertz CT molecular complexity index is 1060. The van der Waals surface area contributed by atoms with Crippen LogP contribution in [0.4, 0.5) is 5.82 Å². The molecule has 32 heavy (non-hydrogen) atoms. The summed E-state index contributed by atoms with van der Waals surface area (Å²) in [6, 6.07) is 9.04. The van der Waals surface area contributed by atoms with E-state index in [1.165, 1.54) is 24.8 Å². The van der Waals surface area contributed by atoms with E-state index in [1.54, 1.807) is 4.90 Å². The summed E-state index contributed by atoms with van der Waals surface area (Å²) in [7, 11) is -3.87. The molecule has 1 aliphatic rings. The smallest absolute Gasteiger partial charge is 0.244 e. The Kier molecular flexibility index (Phi) is 7.32. The fourth-order valence-corrected chi connectivity index (χ4v) is 4.61. The third-order valence-corrected chi connectivity index (χ3v) is 6.84. The first-order chi connectivity index (χ1) is 15.0. The fourth-order valence-electron chi connectivity index (χ4n) is 3.23. The molecule has 10 heteroatoms. The van der Waals surface area contributed by atoms with Crippen LogP contribution in [0.2, 0.25) is 5.02 Å². The van der Waals surface area contributed by atoms with Crippen LogP contribution in [0.1, 0.15) is 33.3 Å². The van der Waals surface area contributed by atoms with E-state index < -0.39 is 10.0 Å². The molecule has 0 unspecified atom stereocenters. The first-order valence-corrected chi connectivity index (χ1v) is 12.2. The molecule has 1 fully saturated rings. The molecule has 1 aromatic heterocycles. The van der Waals surface area contributed by atoms with Gasteiger partial charge in [0.2, 0.25) is 15.9 Å². The van der Waals surface area contributed by atoms with Crippen molar-refractivity contribution >= 4 is 33.3 Å². The Balaban J connectivity index is 1.58. The summed E-state index contributed by atoms with van der Waals surface area (Å²) in [6.07, 6.45) is 1.38. The normalized spacial score (nSPS) is 14.7. The number of anilines is 1. The number of carbonyl (C=O) groups is 1. The molecular weight excluding hydrogens is 452 g/mol. The number of likely N-dealkylation sites (tertiary alicyclic amines) is 1. The molecule has 0 atom stereocenters. The van der Waals surface area contributed by atoms with Gasteiger partial charge in [-0.2, -0.15) is 0 Å². The maximum Gasteiger partial charge on any atom is 0.244 e. The average Bonchev–Trinajstić information content (AvgIpc) is 2.68. The third kappa shape index (κ3) is 6.11. The summed E-state index contributed by atoms with van der Waals surface area (Å²) in [5.41, 5.74) is 1.24. The highest BCUT2D eigenvalue weighted by atomic mass is 35.5. The zero-order valence-corrected chi connectivity index (χ0v) is 20.3. The quantitative estimate of drug-likeness (QED) is 0.563. The van der Waals surface area contributed by atoms with Gasteiger partial charge in [-0.15, -0.1) is 0 Å². The largest absolute Gasteiger partial charge is 0.492 e. The van der Waals surface area contributed by atoms with Crippen LogP contribution in [0.5, 0.6) is 5.75 Å². The van der Waals surface area contributed by atoms with Crippen molar-refractivity contribution in [3.05, 3.63) is 47.1 Å². The molecule has 1 saturated heterocycles. The second kappa shape index (κ2) is 9.64. The Morgan fingerprint density at radius 2 is 1.91 bits per heavy atom. The highest BCUT2D eigenvalue weighted by molar-refractivity contribution is 7.89. The molecule has 3 rings (SSSR count). The van der Waals surface area contributed by atoms with E-state index in [0.29, 0.717) is 18.8 Å². The molecule has 1 amide bonds. The number of pyridine rings is 1. The van der Waals surface area contributed by atoms with Crippen LogP contribution in [0.15, 0.2) is 41.4 Å². The number of nitrogens with one attached hydrogen (secondary N) is 2. The van der Waals surface area contributed by atoms with Gasteiger partial charge in [-0.3, -0.25) is 4.79 Å². The number of rotatable bonds is 8. The van der Waals surface area contributed by atoms with Crippen molar-refractivity contribution in [3.63, 3.8) is 0 Å². The van der Waals surface area contributed by atoms with Crippen LogP contribution in [0.25, 0.3) is 0 Å². The minimum Gasteiger partial charge on any atom is -0.492 e. The molecule has 0 aliphatic carbocycles. The average molecular weight is 481 g/mol. The van der Waals surface area contributed by atoms with E-state index >= 15 is 0 Å². The van der Waals surface area contributed by atoms with Crippen molar-refractivity contribution in [2.24, 2.45) is 0 Å². The van der Waals surface area contributed by atoms with Crippen LogP contribution in [0.3, 0.4) is 0 Å². The predicted molar refractivity (Wildman–Crippen MR) is 125 cm³/mol. The first-order valence-electron chi connectivity index (χ1n) is 10.4. The molecule has 0 saturated carbocycles. The van der Waals surface area contributed by atoms with Crippen LogP contribution in [-0.4, -0.2) is 56.5 Å². The Labute approximate surface area is 194 Å². The summed E-state index contributed by atoms with van der Waals surface area (Å²) in [5, 5.41) is 3.30. The van der Waals surface area contributed by atoms with Gasteiger partial charge in [0, 0.05) is 32.8 Å². The molecule has 0 spiro atoms. The van der Waals surface area contributed by atoms with E-state index in [2.05, 4.69) is 35.8 Å². The van der Waals surface area contributed by atoms with Crippen LogP contribution in [0, 0.1) is 0 Å². The van der Waals surface area contributed by atoms with Gasteiger partial charge in [0.15, 0.2) is 0 Å². The van der Waals surface area contributed by atoms with E-state index in [-0.39, 0.29) is 46.3 Å². The zero-order chi connectivity index (χ0) is 23.5. The molecule has 0 radical (unpaired) electrons. The first kappa shape index (κ1) is 24.3. The minimum absolute atomic E-state index is 0.0188. The van der Waals surface area contributed by atoms with Gasteiger partial charge in [0.1, 0.15) is 23.1 Å². The summed E-state index contributed by atoms with van der Waals surface area (Å²) >= 11 is 6.00. The van der Waals surface area contributed by atoms with Crippen molar-refractivity contribution in [2.75, 3.05) is 31.6 Å². The minimum atomic E-state index is -3.87. The number of amides is 1. The molecule has 1 aliphatic heterocycles. The number of benzene rings is 1. The number of ether oxygens (including phenoxy) is 1. The second-order valence-electron chi connectivity index (χ2n) is 8.79. The van der Waals surface area contributed by atoms with Gasteiger partial charge in [-0.1, -0.05) is 44.5 Å². The molecular formula is C22H29ClN4O4S. The monoisotopic (exact) mass is 480 g/mol. The van der Waals surface area contributed by atoms with Gasteiger partial charge in [-0.25, -0.2) is 18.1 Å². The summed E-state index contributed by atoms with van der Waals surface area (Å²) in [5.74, 6) is 0.854. The van der Waals surface area contributed by atoms with Crippen molar-refractivity contribution < 1.29 is 17.9 Å². The van der Waals surface area contributed by atoms with Crippen molar-refractivity contribution in [3.8, 4) is 5.75 Å². The van der Waals surface area contributed by atoms with Crippen LogP contribution in [-0.2, 0) is 20.2 Å². The van der Waals surface area contributed by atoms with E-state index in [1.807, 2.05) is 24.3 Å². The SMILES string of the molecule is CC(=O)N1CC(Nc2ncc(Cl)cc2S(=O)(=O)NCCOc2ccc(C(C)(C)C)cc2)C1. The van der Waals surface area contributed by atoms with Crippen molar-refractivity contribution in [2.45, 2.75) is 44.0 Å². The Morgan fingerprint density at radius 3 is 2.50 bits per heavy atom. The topological polar surface area (TPSA) is 101 Å². The lowest BCUT2D eigenvalue weighted by Gasteiger charge is -2.39. The maximum absolute atomic E-state index is 12.9. The number of nitrogens with zero attached hydrogens (tertiary/aromatic N) is 2. The van der Waals surface area contributed by atoms with Gasteiger partial charge in [-0.05, 0) is 29.2 Å². The van der Waals surface area contributed by atoms with Crippen molar-refractivity contribution in [1.29, 1.82) is 0 Å². The Morgan fingerprint density at radius 1 is 1.25 bits per heavy atom. The maximum atomic E-state index is 12.9. The number of hydrogen-bond acceptors (Lipinski definition) is 6. The summed E-state index contributed by atoms with van der Waals surface area (Å²) in [6.45, 7) is 9.14. The lowest BCUT2D eigenvalue weighted by molar-refractivity contribution is -0.132. The van der Waals surface area contributed by atoms with Gasteiger partial charge >= 0.3 is 0 Å². The number of hydrogen-bond donors (Lipinski definition) is 2. The van der Waals surface area contributed by atoms with E-state index in [9.17, 15) is 13.2 Å². The molecule has 2 N–H and O–H groups in total. The molecule has 8 nitrogen and oxygen atoms in total. The third-order valence-electron chi connectivity index (χ3n) is 5.16. The molecule has 1 aromatic carbocycles. The number of aromatic nitrogens is 1. The molecule has 2 heterocycles. The predicted octanol–water partition coefficient (Wildman–Crippen LogP) is 3.03. The molecule has 174 valence electrons. The summed E-state index contributed by atoms with van der Waals surface area (Å²) in [4.78, 5) is 17.1. The number of halogens is 1.